The summed E-state index contributed by atoms with van der Waals surface area (Å²) in [5.74, 6) is 0. The van der Waals surface area contributed by atoms with Crippen molar-refractivity contribution >= 4 is 16.3 Å². The molecular formula is C23H22. The Kier molecular flexibility index (Phi) is 3.53. The molecule has 0 heterocycles. The molecule has 23 heavy (non-hydrogen) atoms. The Morgan fingerprint density at radius 3 is 2.30 bits per heavy atom. The smallest absolute Gasteiger partial charge is 0.00549 e. The van der Waals surface area contributed by atoms with E-state index in [1.54, 1.807) is 11.1 Å². The van der Waals surface area contributed by atoms with E-state index >= 15 is 0 Å². The van der Waals surface area contributed by atoms with Gasteiger partial charge in [-0.3, -0.25) is 0 Å². The molecule has 0 spiro atoms. The van der Waals surface area contributed by atoms with Gasteiger partial charge in [0.15, 0.2) is 0 Å². The molecule has 114 valence electrons. The van der Waals surface area contributed by atoms with Gasteiger partial charge < -0.3 is 0 Å². The van der Waals surface area contributed by atoms with Crippen LogP contribution < -0.4 is 0 Å². The molecule has 3 aromatic carbocycles. The van der Waals surface area contributed by atoms with E-state index in [4.69, 9.17) is 0 Å². The lowest BCUT2D eigenvalue weighted by atomic mass is 9.90. The third-order valence-corrected chi connectivity index (χ3v) is 5.14. The topological polar surface area (TPSA) is 0 Å². The Hall–Kier alpha value is -2.34. The third-order valence-electron chi connectivity index (χ3n) is 5.14. The van der Waals surface area contributed by atoms with Crippen LogP contribution in [0.5, 0.6) is 0 Å². The molecule has 0 aromatic heterocycles. The Bertz CT molecular complexity index is 907. The van der Waals surface area contributed by atoms with Crippen LogP contribution in [0.25, 0.3) is 27.5 Å². The Balaban J connectivity index is 2.02. The van der Waals surface area contributed by atoms with E-state index < -0.39 is 0 Å². The zero-order chi connectivity index (χ0) is 15.8. The molecule has 1 aliphatic rings. The molecule has 0 fully saturated rings. The van der Waals surface area contributed by atoms with E-state index in [1.165, 1.54) is 33.0 Å². The second-order valence-corrected chi connectivity index (χ2v) is 6.33. The molecule has 0 nitrogen and oxygen atoms in total. The van der Waals surface area contributed by atoms with E-state index in [-0.39, 0.29) is 0 Å². The molecule has 0 bridgehead atoms. The monoisotopic (exact) mass is 298 g/mol. The maximum Gasteiger partial charge on any atom is -0.00549 e. The minimum Gasteiger partial charge on any atom is -0.0623 e. The summed E-state index contributed by atoms with van der Waals surface area (Å²) in [6.07, 6.45) is 3.42. The van der Waals surface area contributed by atoms with E-state index in [0.717, 1.165) is 19.3 Å². The van der Waals surface area contributed by atoms with Gasteiger partial charge in [0.25, 0.3) is 0 Å². The van der Waals surface area contributed by atoms with Gasteiger partial charge in [-0.15, -0.1) is 0 Å². The second-order valence-electron chi connectivity index (χ2n) is 6.33. The minimum absolute atomic E-state index is 1.12. The van der Waals surface area contributed by atoms with Crippen LogP contribution >= 0.6 is 0 Å². The summed E-state index contributed by atoms with van der Waals surface area (Å²) < 4.78 is 0. The van der Waals surface area contributed by atoms with Crippen LogP contribution in [0.1, 0.15) is 37.8 Å². The predicted octanol–water partition coefficient (Wildman–Crippen LogP) is 6.64. The van der Waals surface area contributed by atoms with Crippen LogP contribution in [0.3, 0.4) is 0 Å². The molecule has 0 saturated heterocycles. The van der Waals surface area contributed by atoms with Crippen molar-refractivity contribution in [1.82, 2.24) is 0 Å². The van der Waals surface area contributed by atoms with E-state index in [1.807, 2.05) is 0 Å². The Labute approximate surface area is 138 Å². The van der Waals surface area contributed by atoms with Gasteiger partial charge in [-0.1, -0.05) is 80.1 Å². The number of rotatable bonds is 3. The number of hydrogen-bond donors (Lipinski definition) is 0. The van der Waals surface area contributed by atoms with Crippen molar-refractivity contribution in [1.29, 1.82) is 0 Å². The van der Waals surface area contributed by atoms with Crippen molar-refractivity contribution in [3.63, 3.8) is 0 Å². The maximum absolute atomic E-state index is 2.31. The van der Waals surface area contributed by atoms with Crippen molar-refractivity contribution in [3.8, 4) is 11.1 Å². The number of fused-ring (bicyclic) bond motifs is 2. The van der Waals surface area contributed by atoms with Crippen LogP contribution in [0.15, 0.2) is 66.2 Å². The summed E-state index contributed by atoms with van der Waals surface area (Å²) in [5.41, 5.74) is 8.97. The molecule has 0 radical (unpaired) electrons. The molecule has 0 unspecified atom stereocenters. The summed E-state index contributed by atoms with van der Waals surface area (Å²) in [6, 6.07) is 22.2. The van der Waals surface area contributed by atoms with Gasteiger partial charge in [-0.25, -0.2) is 0 Å². The molecule has 3 aromatic rings. The van der Waals surface area contributed by atoms with E-state index in [2.05, 4.69) is 74.5 Å². The van der Waals surface area contributed by atoms with Gasteiger partial charge in [0.1, 0.15) is 0 Å². The first-order valence-electron chi connectivity index (χ1n) is 8.64. The van der Waals surface area contributed by atoms with Crippen LogP contribution in [0, 0.1) is 0 Å². The Morgan fingerprint density at radius 1 is 0.739 bits per heavy atom. The highest BCUT2D eigenvalue weighted by Gasteiger charge is 2.22. The lowest BCUT2D eigenvalue weighted by Crippen LogP contribution is -1.91. The van der Waals surface area contributed by atoms with E-state index in [0.29, 0.717) is 0 Å². The molecule has 1 aliphatic carbocycles. The molecule has 0 amide bonds. The minimum atomic E-state index is 1.12. The fourth-order valence-corrected chi connectivity index (χ4v) is 4.07. The largest absolute Gasteiger partial charge is 0.0623 e. The van der Waals surface area contributed by atoms with Crippen molar-refractivity contribution in [3.05, 3.63) is 77.4 Å². The van der Waals surface area contributed by atoms with Crippen LogP contribution in [0.4, 0.5) is 0 Å². The fourth-order valence-electron chi connectivity index (χ4n) is 4.07. The van der Waals surface area contributed by atoms with Gasteiger partial charge in [0.2, 0.25) is 0 Å². The summed E-state index contributed by atoms with van der Waals surface area (Å²) in [6.45, 7) is 4.58. The molecule has 0 N–H and O–H groups in total. The summed E-state index contributed by atoms with van der Waals surface area (Å²) in [7, 11) is 0. The first kappa shape index (κ1) is 14.3. The Morgan fingerprint density at radius 2 is 1.48 bits per heavy atom. The van der Waals surface area contributed by atoms with Gasteiger partial charge in [-0.05, 0) is 57.9 Å². The lowest BCUT2D eigenvalue weighted by molar-refractivity contribution is 1.02. The molecule has 0 heteroatoms. The standard InChI is InChI=1S/C23H22/c1-3-16-15-18-11-8-14-22(23(18)19(16)4-2)21-13-7-10-17-9-5-6-12-20(17)21/h5-14H,3-4,15H2,1-2H3. The highest BCUT2D eigenvalue weighted by Crippen LogP contribution is 2.43. The summed E-state index contributed by atoms with van der Waals surface area (Å²) >= 11 is 0. The summed E-state index contributed by atoms with van der Waals surface area (Å²) in [5, 5.41) is 2.67. The maximum atomic E-state index is 2.31. The van der Waals surface area contributed by atoms with Gasteiger partial charge in [0.05, 0.1) is 0 Å². The van der Waals surface area contributed by atoms with Crippen LogP contribution in [-0.4, -0.2) is 0 Å². The molecule has 0 atom stereocenters. The molecule has 0 aliphatic heterocycles. The average molecular weight is 298 g/mol. The average Bonchev–Trinajstić information content (AvgIpc) is 2.99. The first-order chi connectivity index (χ1) is 11.3. The molecule has 4 rings (SSSR count). The van der Waals surface area contributed by atoms with Gasteiger partial charge in [0, 0.05) is 0 Å². The van der Waals surface area contributed by atoms with Gasteiger partial charge >= 0.3 is 0 Å². The highest BCUT2D eigenvalue weighted by molar-refractivity contribution is 6.00. The second kappa shape index (κ2) is 5.70. The molecule has 0 saturated carbocycles. The fraction of sp³-hybridized carbons (Fsp3) is 0.217. The van der Waals surface area contributed by atoms with Crippen LogP contribution in [0.2, 0.25) is 0 Å². The van der Waals surface area contributed by atoms with Crippen molar-refractivity contribution in [2.24, 2.45) is 0 Å². The van der Waals surface area contributed by atoms with Crippen LogP contribution in [-0.2, 0) is 6.42 Å². The number of allylic oxidation sites excluding steroid dienone is 2. The predicted molar refractivity (Wildman–Crippen MR) is 101 cm³/mol. The van der Waals surface area contributed by atoms with Crippen molar-refractivity contribution in [2.45, 2.75) is 33.1 Å². The normalized spacial score (nSPS) is 13.7. The van der Waals surface area contributed by atoms with E-state index in [9.17, 15) is 0 Å². The summed E-state index contributed by atoms with van der Waals surface area (Å²) in [4.78, 5) is 0. The van der Waals surface area contributed by atoms with Crippen molar-refractivity contribution < 1.29 is 0 Å². The van der Waals surface area contributed by atoms with Gasteiger partial charge in [-0.2, -0.15) is 0 Å². The number of benzene rings is 3. The highest BCUT2D eigenvalue weighted by atomic mass is 14.3. The first-order valence-corrected chi connectivity index (χ1v) is 8.64. The zero-order valence-corrected chi connectivity index (χ0v) is 13.9. The molecular weight excluding hydrogens is 276 g/mol. The lowest BCUT2D eigenvalue weighted by Gasteiger charge is -2.14. The zero-order valence-electron chi connectivity index (χ0n) is 13.9. The quantitative estimate of drug-likeness (QED) is 0.508. The number of hydrogen-bond acceptors (Lipinski definition) is 0. The van der Waals surface area contributed by atoms with Crippen molar-refractivity contribution in [2.75, 3.05) is 0 Å². The third kappa shape index (κ3) is 2.21. The SMILES string of the molecule is CCC1=C(CC)c2c(cccc2-c2cccc3ccccc23)C1.